The summed E-state index contributed by atoms with van der Waals surface area (Å²) in [6.45, 7) is 0.671. The van der Waals surface area contributed by atoms with E-state index >= 15 is 4.39 Å². The first-order chi connectivity index (χ1) is 16.6. The van der Waals surface area contributed by atoms with Crippen molar-refractivity contribution in [3.63, 3.8) is 0 Å². The van der Waals surface area contributed by atoms with Gasteiger partial charge in [-0.15, -0.1) is 13.2 Å². The normalized spacial score (nSPS) is 19.1. The molecule has 1 saturated heterocycles. The van der Waals surface area contributed by atoms with Crippen LogP contribution in [0.15, 0.2) is 24.4 Å². The number of carbonyl (C=O) groups is 1. The fourth-order valence-electron chi connectivity index (χ4n) is 5.23. The quantitative estimate of drug-likeness (QED) is 0.378. The number of aromatic amines is 1. The van der Waals surface area contributed by atoms with Crippen LogP contribution in [-0.2, 0) is 12.8 Å². The maximum Gasteiger partial charge on any atom is 0.573 e. The summed E-state index contributed by atoms with van der Waals surface area (Å²) in [5, 5.41) is 10.9. The molecule has 3 heterocycles. The predicted octanol–water partition coefficient (Wildman–Crippen LogP) is 4.05. The van der Waals surface area contributed by atoms with Crippen LogP contribution < -0.4 is 10.5 Å². The largest absolute Gasteiger partial charge is 0.573 e. The molecule has 2 aromatic heterocycles. The summed E-state index contributed by atoms with van der Waals surface area (Å²) >= 11 is 0. The van der Waals surface area contributed by atoms with E-state index in [1.54, 1.807) is 4.90 Å². The second-order valence-electron chi connectivity index (χ2n) is 9.09. The van der Waals surface area contributed by atoms with E-state index in [2.05, 4.69) is 14.7 Å². The Kier molecular flexibility index (Phi) is 5.82. The number of likely N-dealkylation sites (tertiary alicyclic amines) is 1. The molecular weight excluding hydrogens is 468 g/mol. The SMILES string of the molecule is Nc1cc(OC(F)(F)F)ccc1C(=O)N1CCC(c2c(F)cnc3[nH]c4c(c23)C[C@@H](O)CC4)CC1. The molecular formula is C24H24F4N4O3. The number of aromatic nitrogens is 2. The van der Waals surface area contributed by atoms with Crippen LogP contribution >= 0.6 is 0 Å². The molecule has 0 unspecified atom stereocenters. The third-order valence-electron chi connectivity index (χ3n) is 6.85. The average molecular weight is 492 g/mol. The van der Waals surface area contributed by atoms with Crippen molar-refractivity contribution in [1.82, 2.24) is 14.9 Å². The zero-order chi connectivity index (χ0) is 24.9. The number of hydrogen-bond acceptors (Lipinski definition) is 5. The molecule has 2 aliphatic rings. The molecule has 1 aromatic carbocycles. The number of aliphatic hydroxyl groups excluding tert-OH is 1. The van der Waals surface area contributed by atoms with Crippen molar-refractivity contribution in [3.8, 4) is 5.75 Å². The van der Waals surface area contributed by atoms with E-state index in [0.717, 1.165) is 28.8 Å². The number of pyridine rings is 1. The number of hydrogen-bond donors (Lipinski definition) is 3. The van der Waals surface area contributed by atoms with Gasteiger partial charge >= 0.3 is 6.36 Å². The summed E-state index contributed by atoms with van der Waals surface area (Å²) < 4.78 is 56.2. The number of halogens is 4. The number of ether oxygens (including phenoxy) is 1. The molecule has 186 valence electrons. The van der Waals surface area contributed by atoms with E-state index in [9.17, 15) is 23.1 Å². The lowest BCUT2D eigenvalue weighted by Gasteiger charge is -2.33. The van der Waals surface area contributed by atoms with Gasteiger partial charge in [0.15, 0.2) is 0 Å². The van der Waals surface area contributed by atoms with Gasteiger partial charge in [-0.05, 0) is 49.3 Å². The Hall–Kier alpha value is -3.34. The Bertz CT molecular complexity index is 1280. The smallest absolute Gasteiger partial charge is 0.406 e. The third kappa shape index (κ3) is 4.52. The van der Waals surface area contributed by atoms with Gasteiger partial charge in [-0.2, -0.15) is 0 Å². The minimum atomic E-state index is -4.86. The Morgan fingerprint density at radius 2 is 1.97 bits per heavy atom. The number of piperidine rings is 1. The van der Waals surface area contributed by atoms with E-state index in [1.807, 2.05) is 0 Å². The predicted molar refractivity (Wildman–Crippen MR) is 119 cm³/mol. The zero-order valence-electron chi connectivity index (χ0n) is 18.7. The van der Waals surface area contributed by atoms with Crippen LogP contribution in [0.4, 0.5) is 23.2 Å². The highest BCUT2D eigenvalue weighted by molar-refractivity contribution is 5.99. The molecule has 4 N–H and O–H groups in total. The minimum Gasteiger partial charge on any atom is -0.406 e. The lowest BCUT2D eigenvalue weighted by molar-refractivity contribution is -0.274. The van der Waals surface area contributed by atoms with Gasteiger partial charge in [-0.3, -0.25) is 4.79 Å². The lowest BCUT2D eigenvalue weighted by Crippen LogP contribution is -2.38. The van der Waals surface area contributed by atoms with Gasteiger partial charge in [0.2, 0.25) is 0 Å². The number of rotatable bonds is 3. The van der Waals surface area contributed by atoms with Crippen molar-refractivity contribution >= 4 is 22.6 Å². The highest BCUT2D eigenvalue weighted by Crippen LogP contribution is 2.39. The molecule has 11 heteroatoms. The summed E-state index contributed by atoms with van der Waals surface area (Å²) in [6, 6.07) is 3.24. The van der Waals surface area contributed by atoms with Gasteiger partial charge < -0.3 is 25.5 Å². The van der Waals surface area contributed by atoms with E-state index in [1.165, 1.54) is 12.3 Å². The summed E-state index contributed by atoms with van der Waals surface area (Å²) in [4.78, 5) is 22.0. The Morgan fingerprint density at radius 1 is 1.23 bits per heavy atom. The molecule has 0 spiro atoms. The number of fused-ring (bicyclic) bond motifs is 3. The molecule has 3 aromatic rings. The summed E-state index contributed by atoms with van der Waals surface area (Å²) in [7, 11) is 0. The second kappa shape index (κ2) is 8.71. The number of carbonyl (C=O) groups excluding carboxylic acids is 1. The fraction of sp³-hybridized carbons (Fsp3) is 0.417. The van der Waals surface area contributed by atoms with Crippen LogP contribution in [0.25, 0.3) is 11.0 Å². The van der Waals surface area contributed by atoms with E-state index in [-0.39, 0.29) is 17.2 Å². The Labute approximate surface area is 197 Å². The van der Waals surface area contributed by atoms with Crippen molar-refractivity contribution in [1.29, 1.82) is 0 Å². The van der Waals surface area contributed by atoms with Crippen molar-refractivity contribution in [2.75, 3.05) is 18.8 Å². The maximum absolute atomic E-state index is 15.0. The first kappa shape index (κ1) is 23.4. The number of nitrogens with two attached hydrogens (primary N) is 1. The monoisotopic (exact) mass is 492 g/mol. The van der Waals surface area contributed by atoms with Crippen LogP contribution in [0.3, 0.4) is 0 Å². The summed E-state index contributed by atoms with van der Waals surface area (Å²) in [5.41, 5.74) is 8.86. The number of H-pyrrole nitrogens is 1. The number of anilines is 1. The molecule has 5 rings (SSSR count). The van der Waals surface area contributed by atoms with Crippen molar-refractivity contribution < 1.29 is 32.2 Å². The molecule has 1 atom stereocenters. The molecule has 0 bridgehead atoms. The zero-order valence-corrected chi connectivity index (χ0v) is 18.7. The lowest BCUT2D eigenvalue weighted by atomic mass is 9.84. The molecule has 0 radical (unpaired) electrons. The van der Waals surface area contributed by atoms with Crippen LogP contribution in [-0.4, -0.2) is 51.4 Å². The molecule has 1 aliphatic carbocycles. The minimum absolute atomic E-state index is 0.0872. The Balaban J connectivity index is 1.34. The number of amides is 1. The van der Waals surface area contributed by atoms with Crippen LogP contribution in [0.2, 0.25) is 0 Å². The summed E-state index contributed by atoms with van der Waals surface area (Å²) in [5.74, 6) is -1.46. The number of nitrogens with one attached hydrogen (secondary N) is 1. The molecule has 7 nitrogen and oxygen atoms in total. The van der Waals surface area contributed by atoms with Crippen LogP contribution in [0, 0.1) is 5.82 Å². The molecule has 1 amide bonds. The first-order valence-electron chi connectivity index (χ1n) is 11.4. The highest BCUT2D eigenvalue weighted by Gasteiger charge is 2.33. The van der Waals surface area contributed by atoms with Crippen molar-refractivity contribution in [2.24, 2.45) is 0 Å². The van der Waals surface area contributed by atoms with Crippen LogP contribution in [0.5, 0.6) is 5.75 Å². The van der Waals surface area contributed by atoms with Gasteiger partial charge in [0.05, 0.1) is 17.9 Å². The standard InChI is InChI=1S/C24H24F4N4O3/c25-17-11-30-22-21(16-9-13(33)1-4-19(16)31-22)20(17)12-5-7-32(8-6-12)23(34)15-3-2-14(10-18(15)29)35-24(26,27)28/h2-3,10-13,33H,1,4-9,29H2,(H,30,31)/t13-/m0/s1. The number of aryl methyl sites for hydroxylation is 1. The highest BCUT2D eigenvalue weighted by atomic mass is 19.4. The molecule has 1 fully saturated rings. The van der Waals surface area contributed by atoms with Gasteiger partial charge in [0.25, 0.3) is 5.91 Å². The van der Waals surface area contributed by atoms with Crippen molar-refractivity contribution in [3.05, 3.63) is 52.6 Å². The fourth-order valence-corrected chi connectivity index (χ4v) is 5.23. The van der Waals surface area contributed by atoms with E-state index in [0.29, 0.717) is 56.4 Å². The van der Waals surface area contributed by atoms with Crippen molar-refractivity contribution in [2.45, 2.75) is 50.5 Å². The van der Waals surface area contributed by atoms with Crippen LogP contribution in [0.1, 0.15) is 52.4 Å². The molecule has 35 heavy (non-hydrogen) atoms. The average Bonchev–Trinajstić information content (AvgIpc) is 3.16. The number of aliphatic hydroxyl groups is 1. The number of nitrogen functional groups attached to an aromatic ring is 1. The number of nitrogens with zero attached hydrogens (tertiary/aromatic N) is 2. The second-order valence-corrected chi connectivity index (χ2v) is 9.09. The molecule has 0 saturated carbocycles. The summed E-state index contributed by atoms with van der Waals surface area (Å²) in [6.07, 6.45) is -1.37. The number of alkyl halides is 3. The van der Waals surface area contributed by atoms with E-state index in [4.69, 9.17) is 5.73 Å². The Morgan fingerprint density at radius 3 is 2.66 bits per heavy atom. The van der Waals surface area contributed by atoms with Gasteiger partial charge in [-0.25, -0.2) is 9.37 Å². The van der Waals surface area contributed by atoms with Gasteiger partial charge in [0.1, 0.15) is 17.2 Å². The number of benzene rings is 1. The topological polar surface area (TPSA) is 104 Å². The molecule has 1 aliphatic heterocycles. The van der Waals surface area contributed by atoms with Gasteiger partial charge in [-0.1, -0.05) is 0 Å². The van der Waals surface area contributed by atoms with Gasteiger partial charge in [0, 0.05) is 47.9 Å². The first-order valence-corrected chi connectivity index (χ1v) is 11.4. The maximum atomic E-state index is 15.0. The van der Waals surface area contributed by atoms with E-state index < -0.39 is 29.9 Å². The third-order valence-corrected chi connectivity index (χ3v) is 6.85.